The fraction of sp³-hybridized carbons (Fsp3) is 0.227. The number of benzene rings is 2. The maximum absolute atomic E-state index is 13.0. The number of nitrogens with one attached hydrogen (secondary N) is 2. The minimum Gasteiger partial charge on any atom is -0.494 e. The topological polar surface area (TPSA) is 76.1 Å². The van der Waals surface area contributed by atoms with Crippen LogP contribution >= 0.6 is 23.5 Å². The summed E-state index contributed by atoms with van der Waals surface area (Å²) in [5.74, 6) is 1.56. The minimum absolute atomic E-state index is 0.267. The van der Waals surface area contributed by atoms with Gasteiger partial charge in [-0.2, -0.15) is 0 Å². The van der Waals surface area contributed by atoms with Crippen LogP contribution in [0.25, 0.3) is 11.4 Å². The van der Waals surface area contributed by atoms with Gasteiger partial charge < -0.3 is 15.4 Å². The third kappa shape index (κ3) is 5.06. The molecule has 0 aliphatic rings. The summed E-state index contributed by atoms with van der Waals surface area (Å²) in [6.45, 7) is 2.53. The van der Waals surface area contributed by atoms with E-state index in [9.17, 15) is 4.79 Å². The van der Waals surface area contributed by atoms with Gasteiger partial charge in [-0.05, 0) is 55.8 Å². The first-order valence-corrected chi connectivity index (χ1v) is 11.9. The van der Waals surface area contributed by atoms with Crippen molar-refractivity contribution in [1.82, 2.24) is 9.97 Å². The second-order valence-electron chi connectivity index (χ2n) is 6.17. The molecule has 2 N–H and O–H groups in total. The molecular formula is C22H24N4O2S2. The Hall–Kier alpha value is -2.71. The van der Waals surface area contributed by atoms with Gasteiger partial charge in [-0.3, -0.25) is 4.79 Å². The molecule has 0 saturated heterocycles. The molecule has 1 heterocycles. The zero-order valence-electron chi connectivity index (χ0n) is 17.4. The molecule has 6 nitrogen and oxygen atoms in total. The van der Waals surface area contributed by atoms with Crippen LogP contribution < -0.4 is 15.4 Å². The van der Waals surface area contributed by atoms with Crippen LogP contribution in [0.5, 0.6) is 5.75 Å². The Kier molecular flexibility index (Phi) is 7.59. The van der Waals surface area contributed by atoms with E-state index in [0.29, 0.717) is 34.5 Å². The number of carbonyl (C=O) groups is 1. The predicted octanol–water partition coefficient (Wildman–Crippen LogP) is 5.28. The van der Waals surface area contributed by atoms with E-state index in [-0.39, 0.29) is 5.91 Å². The van der Waals surface area contributed by atoms with E-state index in [0.717, 1.165) is 11.3 Å². The van der Waals surface area contributed by atoms with E-state index < -0.39 is 0 Å². The maximum atomic E-state index is 13.0. The van der Waals surface area contributed by atoms with E-state index in [1.54, 1.807) is 18.8 Å². The molecule has 1 aromatic heterocycles. The number of nitrogens with zero attached hydrogens (tertiary/aromatic N) is 2. The summed E-state index contributed by atoms with van der Waals surface area (Å²) in [6.07, 6.45) is 3.93. The molecule has 0 spiro atoms. The van der Waals surface area contributed by atoms with Gasteiger partial charge in [-0.1, -0.05) is 12.1 Å². The Balaban J connectivity index is 1.91. The van der Waals surface area contributed by atoms with Gasteiger partial charge in [0, 0.05) is 23.2 Å². The zero-order valence-corrected chi connectivity index (χ0v) is 19.0. The summed E-state index contributed by atoms with van der Waals surface area (Å²) in [5, 5.41) is 6.58. The van der Waals surface area contributed by atoms with E-state index in [1.165, 1.54) is 16.7 Å². The molecule has 0 bridgehead atoms. The molecule has 0 aliphatic heterocycles. The number of thioether (sulfide) groups is 2. The van der Waals surface area contributed by atoms with Crippen LogP contribution in [0.2, 0.25) is 0 Å². The van der Waals surface area contributed by atoms with Crippen LogP contribution in [0.4, 0.5) is 11.5 Å². The largest absolute Gasteiger partial charge is 0.494 e. The number of carbonyl (C=O) groups excluding carboxylic acids is 1. The van der Waals surface area contributed by atoms with Gasteiger partial charge >= 0.3 is 0 Å². The highest BCUT2D eigenvalue weighted by Crippen LogP contribution is 2.29. The molecule has 156 valence electrons. The molecule has 0 saturated carbocycles. The fourth-order valence-electron chi connectivity index (χ4n) is 2.84. The van der Waals surface area contributed by atoms with Crippen molar-refractivity contribution in [3.05, 3.63) is 54.1 Å². The Morgan fingerprint density at radius 3 is 2.27 bits per heavy atom. The summed E-state index contributed by atoms with van der Waals surface area (Å²) < 4.78 is 5.45. The molecule has 2 aromatic carbocycles. The Labute approximate surface area is 185 Å². The van der Waals surface area contributed by atoms with Gasteiger partial charge in [0.05, 0.1) is 6.61 Å². The van der Waals surface area contributed by atoms with Crippen LogP contribution in [0.15, 0.2) is 58.5 Å². The number of hydrogen-bond acceptors (Lipinski definition) is 7. The lowest BCUT2D eigenvalue weighted by Crippen LogP contribution is -2.17. The van der Waals surface area contributed by atoms with Crippen LogP contribution in [0.1, 0.15) is 17.3 Å². The zero-order chi connectivity index (χ0) is 21.5. The van der Waals surface area contributed by atoms with Gasteiger partial charge in [0.1, 0.15) is 22.2 Å². The lowest BCUT2D eigenvalue weighted by molar-refractivity contribution is 0.102. The molecule has 3 aromatic rings. The molecule has 0 unspecified atom stereocenters. The van der Waals surface area contributed by atoms with E-state index in [2.05, 4.69) is 20.6 Å². The molecule has 1 amide bonds. The maximum Gasteiger partial charge on any atom is 0.262 e. The first kappa shape index (κ1) is 22.0. The molecule has 8 heteroatoms. The van der Waals surface area contributed by atoms with Crippen molar-refractivity contribution in [3.8, 4) is 17.1 Å². The first-order chi connectivity index (χ1) is 14.6. The van der Waals surface area contributed by atoms with Gasteiger partial charge in [0.2, 0.25) is 0 Å². The van der Waals surface area contributed by atoms with Crippen LogP contribution in [-0.4, -0.2) is 42.0 Å². The van der Waals surface area contributed by atoms with Crippen molar-refractivity contribution < 1.29 is 9.53 Å². The van der Waals surface area contributed by atoms with Gasteiger partial charge in [-0.15, -0.1) is 23.5 Å². The quantitative estimate of drug-likeness (QED) is 0.364. The molecule has 0 fully saturated rings. The minimum atomic E-state index is -0.267. The van der Waals surface area contributed by atoms with Crippen molar-refractivity contribution in [2.24, 2.45) is 0 Å². The van der Waals surface area contributed by atoms with Crippen molar-refractivity contribution in [1.29, 1.82) is 0 Å². The van der Waals surface area contributed by atoms with Gasteiger partial charge in [-0.25, -0.2) is 9.97 Å². The Morgan fingerprint density at radius 1 is 1.00 bits per heavy atom. The predicted molar refractivity (Wildman–Crippen MR) is 126 cm³/mol. The lowest BCUT2D eigenvalue weighted by Gasteiger charge is -2.14. The number of ether oxygens (including phenoxy) is 1. The molecule has 0 aliphatic carbocycles. The highest BCUT2D eigenvalue weighted by molar-refractivity contribution is 7.98. The third-order valence-electron chi connectivity index (χ3n) is 4.30. The van der Waals surface area contributed by atoms with E-state index >= 15 is 0 Å². The summed E-state index contributed by atoms with van der Waals surface area (Å²) in [6, 6.07) is 15.3. The van der Waals surface area contributed by atoms with Gasteiger partial charge in [0.15, 0.2) is 5.82 Å². The SMILES string of the molecule is CCOc1ccc(NC(=O)c2c(NC)nc(-c3ccc(SC)cc3)nc2SC)cc1. The van der Waals surface area contributed by atoms with Crippen LogP contribution in [0.3, 0.4) is 0 Å². The highest BCUT2D eigenvalue weighted by atomic mass is 32.2. The average molecular weight is 441 g/mol. The Morgan fingerprint density at radius 2 is 1.70 bits per heavy atom. The van der Waals surface area contributed by atoms with Crippen molar-refractivity contribution >= 4 is 40.9 Å². The molecule has 0 atom stereocenters. The average Bonchev–Trinajstić information content (AvgIpc) is 2.79. The molecular weight excluding hydrogens is 416 g/mol. The normalized spacial score (nSPS) is 10.5. The number of hydrogen-bond donors (Lipinski definition) is 2. The molecule has 0 radical (unpaired) electrons. The van der Waals surface area contributed by atoms with Gasteiger partial charge in [0.25, 0.3) is 5.91 Å². The number of amides is 1. The third-order valence-corrected chi connectivity index (χ3v) is 5.73. The fourth-order valence-corrected chi connectivity index (χ4v) is 3.82. The van der Waals surface area contributed by atoms with Crippen LogP contribution in [0, 0.1) is 0 Å². The Bertz CT molecular complexity index is 984. The second-order valence-corrected chi connectivity index (χ2v) is 7.84. The van der Waals surface area contributed by atoms with E-state index in [1.807, 2.05) is 68.0 Å². The summed E-state index contributed by atoms with van der Waals surface area (Å²) >= 11 is 3.09. The summed E-state index contributed by atoms with van der Waals surface area (Å²) in [7, 11) is 1.75. The molecule has 30 heavy (non-hydrogen) atoms. The number of rotatable bonds is 8. The highest BCUT2D eigenvalue weighted by Gasteiger charge is 2.21. The number of aromatic nitrogens is 2. The van der Waals surface area contributed by atoms with E-state index in [4.69, 9.17) is 4.74 Å². The number of anilines is 2. The first-order valence-electron chi connectivity index (χ1n) is 9.42. The van der Waals surface area contributed by atoms with Crippen molar-refractivity contribution in [2.45, 2.75) is 16.8 Å². The van der Waals surface area contributed by atoms with Crippen molar-refractivity contribution in [2.75, 3.05) is 36.8 Å². The van der Waals surface area contributed by atoms with Crippen LogP contribution in [-0.2, 0) is 0 Å². The standard InChI is InChI=1S/C22H24N4O2S2/c1-5-28-16-10-8-15(9-11-16)24-21(27)18-20(23-2)25-19(26-22(18)30-4)14-6-12-17(29-3)13-7-14/h6-13H,5H2,1-4H3,(H,24,27)(H,23,25,26). The smallest absolute Gasteiger partial charge is 0.262 e. The summed E-state index contributed by atoms with van der Waals surface area (Å²) in [5.41, 5.74) is 2.00. The van der Waals surface area contributed by atoms with Crippen molar-refractivity contribution in [3.63, 3.8) is 0 Å². The second kappa shape index (κ2) is 10.4. The molecule has 3 rings (SSSR count). The summed E-state index contributed by atoms with van der Waals surface area (Å²) in [4.78, 5) is 23.5. The monoisotopic (exact) mass is 440 g/mol. The lowest BCUT2D eigenvalue weighted by atomic mass is 10.2.